The summed E-state index contributed by atoms with van der Waals surface area (Å²) in [5.41, 5.74) is 2.06. The van der Waals surface area contributed by atoms with Crippen molar-refractivity contribution in [3.05, 3.63) is 127 Å². The van der Waals surface area contributed by atoms with Gasteiger partial charge in [-0.05, 0) is 29.8 Å². The van der Waals surface area contributed by atoms with Crippen molar-refractivity contribution in [3.63, 3.8) is 0 Å². The van der Waals surface area contributed by atoms with Gasteiger partial charge in [-0.15, -0.1) is 0 Å². The van der Waals surface area contributed by atoms with E-state index in [2.05, 4.69) is 0 Å². The summed E-state index contributed by atoms with van der Waals surface area (Å²) in [6.45, 7) is -0.861. The summed E-state index contributed by atoms with van der Waals surface area (Å²) in [7, 11) is 1.20. The minimum Gasteiger partial charge on any atom is -0.494 e. The molecule has 0 saturated heterocycles. The van der Waals surface area contributed by atoms with Gasteiger partial charge in [-0.1, -0.05) is 42.5 Å². The van der Waals surface area contributed by atoms with E-state index in [1.165, 1.54) is 19.2 Å². The van der Waals surface area contributed by atoms with Gasteiger partial charge >= 0.3 is 17.1 Å². The van der Waals surface area contributed by atoms with Gasteiger partial charge in [-0.3, -0.25) is 0 Å². The quantitative estimate of drug-likeness (QED) is 0.422. The van der Waals surface area contributed by atoms with Gasteiger partial charge in [-0.25, -0.2) is 41.3 Å². The van der Waals surface area contributed by atoms with Crippen LogP contribution in [0.2, 0.25) is 0 Å². The Hall–Kier alpha value is -4.38. The van der Waals surface area contributed by atoms with Crippen molar-refractivity contribution >= 4 is 0 Å². The van der Waals surface area contributed by atoms with Crippen molar-refractivity contribution in [3.8, 4) is 11.4 Å². The lowest BCUT2D eigenvalue weighted by molar-refractivity contribution is 0.382. The molecule has 36 heavy (non-hydrogen) atoms. The number of aromatic nitrogens is 3. The van der Waals surface area contributed by atoms with Crippen LogP contribution in [0.25, 0.3) is 5.69 Å². The molecule has 4 rings (SSSR count). The Morgan fingerprint density at radius 1 is 0.833 bits per heavy atom. The lowest BCUT2D eigenvalue weighted by atomic mass is 10.1. The number of methoxy groups -OCH3 is 1. The highest BCUT2D eigenvalue weighted by Crippen LogP contribution is 2.21. The second kappa shape index (κ2) is 10.1. The summed E-state index contributed by atoms with van der Waals surface area (Å²) in [6.07, 6.45) is -1.28. The van der Waals surface area contributed by atoms with Gasteiger partial charge in [0.15, 0.2) is 11.6 Å². The monoisotopic (exact) mass is 498 g/mol. The number of rotatable bonds is 7. The maximum Gasteiger partial charge on any atom is 0.342 e. The Morgan fingerprint density at radius 3 is 2.11 bits per heavy atom. The summed E-state index contributed by atoms with van der Waals surface area (Å²) < 4.78 is 50.2. The molecule has 186 valence electrons. The van der Waals surface area contributed by atoms with Crippen molar-refractivity contribution in [2.45, 2.75) is 19.1 Å². The third-order valence-corrected chi connectivity index (χ3v) is 5.66. The number of hydrogen-bond acceptors (Lipinski definition) is 5. The van der Waals surface area contributed by atoms with Crippen molar-refractivity contribution in [1.29, 1.82) is 0 Å². The molecular formula is C25H21F3N4O4. The minimum absolute atomic E-state index is 0.00282. The number of hydrogen-bond donors (Lipinski definition) is 1. The van der Waals surface area contributed by atoms with Crippen LogP contribution in [-0.4, -0.2) is 20.8 Å². The molecule has 0 aliphatic carbocycles. The van der Waals surface area contributed by atoms with E-state index < -0.39 is 58.5 Å². The molecular weight excluding hydrogens is 477 g/mol. The van der Waals surface area contributed by atoms with Gasteiger partial charge in [0.1, 0.15) is 11.6 Å². The van der Waals surface area contributed by atoms with Crippen LogP contribution in [0, 0.1) is 17.5 Å². The SMILES string of the molecule is COc1cccc(-n2c(=O)n(Cc3c(F)cccc3F)c(=O)n([C@@H](N)Cc3ccccc3)c2=O)c1F. The van der Waals surface area contributed by atoms with Crippen LogP contribution >= 0.6 is 0 Å². The van der Waals surface area contributed by atoms with Crippen molar-refractivity contribution in [2.24, 2.45) is 5.73 Å². The fourth-order valence-electron chi connectivity index (χ4n) is 3.85. The smallest absolute Gasteiger partial charge is 0.342 e. The Labute approximate surface area is 202 Å². The molecule has 0 saturated carbocycles. The molecule has 1 heterocycles. The van der Waals surface area contributed by atoms with Crippen molar-refractivity contribution in [1.82, 2.24) is 13.7 Å². The van der Waals surface area contributed by atoms with Crippen molar-refractivity contribution < 1.29 is 17.9 Å². The maximum atomic E-state index is 15.1. The van der Waals surface area contributed by atoms with Crippen LogP contribution in [-0.2, 0) is 13.0 Å². The van der Waals surface area contributed by atoms with Gasteiger partial charge in [0.25, 0.3) is 0 Å². The van der Waals surface area contributed by atoms with Crippen LogP contribution in [0.15, 0.2) is 81.1 Å². The van der Waals surface area contributed by atoms with Gasteiger partial charge in [-0.2, -0.15) is 0 Å². The first-order valence-electron chi connectivity index (χ1n) is 10.8. The van der Waals surface area contributed by atoms with Gasteiger partial charge in [0, 0.05) is 12.0 Å². The highest BCUT2D eigenvalue weighted by Gasteiger charge is 2.24. The molecule has 0 aliphatic heterocycles. The van der Waals surface area contributed by atoms with E-state index in [0.717, 1.165) is 24.3 Å². The fraction of sp³-hybridized carbons (Fsp3) is 0.160. The van der Waals surface area contributed by atoms with E-state index in [1.807, 2.05) is 0 Å². The van der Waals surface area contributed by atoms with Crippen LogP contribution in [0.4, 0.5) is 13.2 Å². The normalized spacial score (nSPS) is 11.9. The summed E-state index contributed by atoms with van der Waals surface area (Å²) in [5, 5.41) is 0. The average molecular weight is 498 g/mol. The molecule has 2 N–H and O–H groups in total. The summed E-state index contributed by atoms with van der Waals surface area (Å²) >= 11 is 0. The van der Waals surface area contributed by atoms with Crippen LogP contribution in [0.1, 0.15) is 17.3 Å². The third kappa shape index (κ3) is 4.48. The Morgan fingerprint density at radius 2 is 1.47 bits per heavy atom. The molecule has 11 heteroatoms. The van der Waals surface area contributed by atoms with E-state index in [9.17, 15) is 23.2 Å². The van der Waals surface area contributed by atoms with Crippen LogP contribution in [0.5, 0.6) is 5.75 Å². The Bertz CT molecular complexity index is 1580. The zero-order chi connectivity index (χ0) is 26.0. The first-order chi connectivity index (χ1) is 17.2. The van der Waals surface area contributed by atoms with Gasteiger partial charge < -0.3 is 10.5 Å². The fourth-order valence-corrected chi connectivity index (χ4v) is 3.85. The zero-order valence-electron chi connectivity index (χ0n) is 19.0. The second-order valence-corrected chi connectivity index (χ2v) is 7.89. The standard InChI is InChI=1S/C25H21F3N4O4/c1-36-20-12-6-11-19(22(20)28)31-23(33)30(14-16-17(26)9-5-10-18(16)27)24(34)32(25(31)35)21(29)13-15-7-3-2-4-8-15/h2-12,21H,13-14,29H2,1H3/t21-/m1/s1. The molecule has 0 spiro atoms. The molecule has 0 aliphatic rings. The minimum atomic E-state index is -1.30. The average Bonchev–Trinajstić information content (AvgIpc) is 2.85. The van der Waals surface area contributed by atoms with E-state index in [-0.39, 0.29) is 12.2 Å². The number of halogens is 3. The number of ether oxygens (including phenoxy) is 1. The molecule has 0 amide bonds. The largest absolute Gasteiger partial charge is 0.494 e. The lowest BCUT2D eigenvalue weighted by Gasteiger charge is -2.19. The number of benzene rings is 3. The molecule has 8 nitrogen and oxygen atoms in total. The molecule has 1 atom stereocenters. The maximum absolute atomic E-state index is 15.1. The number of nitrogens with two attached hydrogens (primary N) is 1. The van der Waals surface area contributed by atoms with Gasteiger partial charge in [0.05, 0.1) is 25.5 Å². The lowest BCUT2D eigenvalue weighted by Crippen LogP contribution is -2.56. The predicted octanol–water partition coefficient (Wildman–Crippen LogP) is 2.34. The van der Waals surface area contributed by atoms with Gasteiger partial charge in [0.2, 0.25) is 0 Å². The van der Waals surface area contributed by atoms with E-state index in [4.69, 9.17) is 10.5 Å². The van der Waals surface area contributed by atoms with E-state index >= 15 is 4.39 Å². The highest BCUT2D eigenvalue weighted by atomic mass is 19.1. The van der Waals surface area contributed by atoms with E-state index in [1.54, 1.807) is 30.3 Å². The molecule has 4 aromatic rings. The Kier molecular flexibility index (Phi) is 6.93. The highest BCUT2D eigenvalue weighted by molar-refractivity contribution is 5.41. The molecule has 0 radical (unpaired) electrons. The number of nitrogens with zero attached hydrogens (tertiary/aromatic N) is 3. The van der Waals surface area contributed by atoms with Crippen LogP contribution in [0.3, 0.4) is 0 Å². The van der Waals surface area contributed by atoms with Crippen molar-refractivity contribution in [2.75, 3.05) is 7.11 Å². The molecule has 3 aromatic carbocycles. The summed E-state index contributed by atoms with van der Waals surface area (Å²) in [6, 6.07) is 15.4. The topological polar surface area (TPSA) is 101 Å². The Balaban J connectivity index is 2.00. The second-order valence-electron chi connectivity index (χ2n) is 7.89. The molecule has 0 bridgehead atoms. The third-order valence-electron chi connectivity index (χ3n) is 5.66. The first-order valence-corrected chi connectivity index (χ1v) is 10.8. The molecule has 1 aromatic heterocycles. The molecule has 0 unspecified atom stereocenters. The van der Waals surface area contributed by atoms with E-state index in [0.29, 0.717) is 19.3 Å². The van der Waals surface area contributed by atoms with Crippen LogP contribution < -0.4 is 27.5 Å². The predicted molar refractivity (Wildman–Crippen MR) is 126 cm³/mol. The summed E-state index contributed by atoms with van der Waals surface area (Å²) in [5.74, 6) is -3.33. The summed E-state index contributed by atoms with van der Waals surface area (Å²) in [4.78, 5) is 40.1. The molecule has 0 fully saturated rings. The zero-order valence-corrected chi connectivity index (χ0v) is 19.0. The first kappa shape index (κ1) is 24.7.